The van der Waals surface area contributed by atoms with E-state index in [0.717, 1.165) is 12.3 Å². The van der Waals surface area contributed by atoms with E-state index in [1.807, 2.05) is 0 Å². The van der Waals surface area contributed by atoms with Crippen LogP contribution >= 0.6 is 0 Å². The van der Waals surface area contributed by atoms with Gasteiger partial charge in [0.1, 0.15) is 5.69 Å². The predicted molar refractivity (Wildman–Crippen MR) is 55.3 cm³/mol. The van der Waals surface area contributed by atoms with Crippen molar-refractivity contribution in [1.29, 1.82) is 0 Å². The molecule has 0 fully saturated rings. The van der Waals surface area contributed by atoms with Crippen LogP contribution in [0.3, 0.4) is 0 Å². The van der Waals surface area contributed by atoms with Crippen molar-refractivity contribution in [1.82, 2.24) is 4.98 Å². The number of alkyl halides is 3. The number of halogens is 3. The van der Waals surface area contributed by atoms with E-state index in [1.54, 1.807) is 6.92 Å². The zero-order chi connectivity index (χ0) is 12.2. The standard InChI is InChI=1S/C10H10F3N3/c1-7(14)2-4-15-8-3-5-16-9(6-8)10(11,12)13/h2-6H,14H2,1H3. The Kier molecular flexibility index (Phi) is 3.65. The lowest BCUT2D eigenvalue weighted by atomic mass is 10.3. The number of hydrogen-bond acceptors (Lipinski definition) is 3. The summed E-state index contributed by atoms with van der Waals surface area (Å²) in [4.78, 5) is 7.01. The summed E-state index contributed by atoms with van der Waals surface area (Å²) in [5.74, 6) is 0. The van der Waals surface area contributed by atoms with Crippen molar-refractivity contribution < 1.29 is 13.2 Å². The molecule has 86 valence electrons. The number of allylic oxidation sites excluding steroid dienone is 2. The summed E-state index contributed by atoms with van der Waals surface area (Å²) in [7, 11) is 0. The van der Waals surface area contributed by atoms with Crippen LogP contribution in [0.4, 0.5) is 18.9 Å². The number of nitrogens with two attached hydrogens (primary N) is 1. The van der Waals surface area contributed by atoms with Gasteiger partial charge >= 0.3 is 6.18 Å². The van der Waals surface area contributed by atoms with E-state index in [4.69, 9.17) is 5.73 Å². The van der Waals surface area contributed by atoms with E-state index in [1.165, 1.54) is 18.4 Å². The van der Waals surface area contributed by atoms with Crippen molar-refractivity contribution in [3.63, 3.8) is 0 Å². The number of aliphatic imine (C=N–C) groups is 1. The summed E-state index contributed by atoms with van der Waals surface area (Å²) >= 11 is 0. The molecule has 0 aliphatic carbocycles. The quantitative estimate of drug-likeness (QED) is 0.792. The Labute approximate surface area is 90.5 Å². The normalized spacial score (nSPS) is 13.4. The molecule has 0 saturated heterocycles. The Balaban J connectivity index is 2.92. The van der Waals surface area contributed by atoms with E-state index in [9.17, 15) is 13.2 Å². The van der Waals surface area contributed by atoms with E-state index in [0.29, 0.717) is 5.70 Å². The van der Waals surface area contributed by atoms with E-state index in [-0.39, 0.29) is 5.69 Å². The highest BCUT2D eigenvalue weighted by molar-refractivity contribution is 5.75. The number of hydrogen-bond donors (Lipinski definition) is 1. The summed E-state index contributed by atoms with van der Waals surface area (Å²) in [6, 6.07) is 2.25. The fourth-order valence-electron chi connectivity index (χ4n) is 0.896. The third-order valence-electron chi connectivity index (χ3n) is 1.59. The minimum Gasteiger partial charge on any atom is -0.402 e. The molecule has 0 bridgehead atoms. The molecule has 0 aliphatic rings. The SMILES string of the molecule is CC(N)=CC=Nc1ccnc(C(F)(F)F)c1. The Morgan fingerprint density at radius 2 is 2.19 bits per heavy atom. The highest BCUT2D eigenvalue weighted by Crippen LogP contribution is 2.29. The summed E-state index contributed by atoms with van der Waals surface area (Å²) in [6.07, 6.45) is -0.557. The largest absolute Gasteiger partial charge is 0.433 e. The van der Waals surface area contributed by atoms with Gasteiger partial charge in [-0.15, -0.1) is 0 Å². The minimum atomic E-state index is -4.45. The molecule has 16 heavy (non-hydrogen) atoms. The Bertz CT molecular complexity index is 418. The van der Waals surface area contributed by atoms with Crippen LogP contribution < -0.4 is 5.73 Å². The summed E-state index contributed by atoms with van der Waals surface area (Å²) < 4.78 is 36.8. The first-order chi connectivity index (χ1) is 7.39. The maximum atomic E-state index is 12.3. The monoisotopic (exact) mass is 229 g/mol. The second-order valence-corrected chi connectivity index (χ2v) is 3.09. The van der Waals surface area contributed by atoms with Crippen molar-refractivity contribution in [3.8, 4) is 0 Å². The number of rotatable bonds is 2. The van der Waals surface area contributed by atoms with Crippen molar-refractivity contribution in [2.24, 2.45) is 10.7 Å². The first-order valence-corrected chi connectivity index (χ1v) is 4.39. The second kappa shape index (κ2) is 4.78. The van der Waals surface area contributed by atoms with Gasteiger partial charge in [0.15, 0.2) is 0 Å². The van der Waals surface area contributed by atoms with Crippen LogP contribution in [0, 0.1) is 0 Å². The van der Waals surface area contributed by atoms with Gasteiger partial charge < -0.3 is 5.73 Å². The summed E-state index contributed by atoms with van der Waals surface area (Å²) in [6.45, 7) is 1.65. The Morgan fingerprint density at radius 3 is 2.75 bits per heavy atom. The molecular weight excluding hydrogens is 219 g/mol. The van der Waals surface area contributed by atoms with Crippen LogP contribution in [0.2, 0.25) is 0 Å². The lowest BCUT2D eigenvalue weighted by Gasteiger charge is -2.04. The van der Waals surface area contributed by atoms with Crippen LogP contribution in [0.25, 0.3) is 0 Å². The summed E-state index contributed by atoms with van der Waals surface area (Å²) in [5.41, 5.74) is 5.07. The van der Waals surface area contributed by atoms with Crippen molar-refractivity contribution in [2.45, 2.75) is 13.1 Å². The van der Waals surface area contributed by atoms with Gasteiger partial charge in [-0.05, 0) is 25.1 Å². The lowest BCUT2D eigenvalue weighted by molar-refractivity contribution is -0.141. The molecule has 0 atom stereocenters. The van der Waals surface area contributed by atoms with Gasteiger partial charge in [0, 0.05) is 18.1 Å². The molecule has 1 aromatic rings. The Morgan fingerprint density at radius 1 is 1.50 bits per heavy atom. The molecule has 0 aliphatic heterocycles. The molecule has 2 N–H and O–H groups in total. The first-order valence-electron chi connectivity index (χ1n) is 4.39. The van der Waals surface area contributed by atoms with Crippen LogP contribution in [-0.4, -0.2) is 11.2 Å². The number of pyridine rings is 1. The van der Waals surface area contributed by atoms with Gasteiger partial charge in [-0.2, -0.15) is 13.2 Å². The molecule has 1 heterocycles. The van der Waals surface area contributed by atoms with Gasteiger partial charge in [0.25, 0.3) is 0 Å². The van der Waals surface area contributed by atoms with Gasteiger partial charge in [-0.3, -0.25) is 9.98 Å². The Hall–Kier alpha value is -1.85. The maximum Gasteiger partial charge on any atom is 0.433 e. The van der Waals surface area contributed by atoms with Crippen LogP contribution in [0.15, 0.2) is 35.1 Å². The molecule has 1 rings (SSSR count). The highest BCUT2D eigenvalue weighted by atomic mass is 19.4. The lowest BCUT2D eigenvalue weighted by Crippen LogP contribution is -2.06. The average molecular weight is 229 g/mol. The topological polar surface area (TPSA) is 51.3 Å². The molecule has 3 nitrogen and oxygen atoms in total. The molecule has 0 saturated carbocycles. The molecule has 6 heteroatoms. The van der Waals surface area contributed by atoms with Crippen molar-refractivity contribution >= 4 is 11.9 Å². The van der Waals surface area contributed by atoms with Crippen molar-refractivity contribution in [3.05, 3.63) is 35.8 Å². The van der Waals surface area contributed by atoms with Crippen LogP contribution in [-0.2, 0) is 6.18 Å². The minimum absolute atomic E-state index is 0.180. The molecular formula is C10H10F3N3. The van der Waals surface area contributed by atoms with Gasteiger partial charge in [0.05, 0.1) is 5.69 Å². The second-order valence-electron chi connectivity index (χ2n) is 3.09. The van der Waals surface area contributed by atoms with E-state index >= 15 is 0 Å². The van der Waals surface area contributed by atoms with Crippen LogP contribution in [0.1, 0.15) is 12.6 Å². The third-order valence-corrected chi connectivity index (χ3v) is 1.59. The van der Waals surface area contributed by atoms with Gasteiger partial charge in [-0.1, -0.05) is 0 Å². The molecule has 0 radical (unpaired) electrons. The van der Waals surface area contributed by atoms with Crippen molar-refractivity contribution in [2.75, 3.05) is 0 Å². The highest BCUT2D eigenvalue weighted by Gasteiger charge is 2.32. The summed E-state index contributed by atoms with van der Waals surface area (Å²) in [5, 5.41) is 0. The zero-order valence-corrected chi connectivity index (χ0v) is 8.49. The molecule has 0 amide bonds. The smallest absolute Gasteiger partial charge is 0.402 e. The third kappa shape index (κ3) is 3.72. The fourth-order valence-corrected chi connectivity index (χ4v) is 0.896. The molecule has 0 spiro atoms. The first kappa shape index (κ1) is 12.2. The van der Waals surface area contributed by atoms with Gasteiger partial charge in [0.2, 0.25) is 0 Å². The van der Waals surface area contributed by atoms with E-state index in [2.05, 4.69) is 9.98 Å². The van der Waals surface area contributed by atoms with Gasteiger partial charge in [-0.25, -0.2) is 0 Å². The molecule has 1 aromatic heterocycles. The zero-order valence-electron chi connectivity index (χ0n) is 8.49. The fraction of sp³-hybridized carbons (Fsp3) is 0.200. The molecule has 0 unspecified atom stereocenters. The maximum absolute atomic E-state index is 12.3. The van der Waals surface area contributed by atoms with E-state index < -0.39 is 11.9 Å². The predicted octanol–water partition coefficient (Wildman–Crippen LogP) is 2.67. The molecule has 0 aromatic carbocycles. The average Bonchev–Trinajstić information content (AvgIpc) is 2.16. The number of nitrogens with zero attached hydrogens (tertiary/aromatic N) is 2. The van der Waals surface area contributed by atoms with Crippen LogP contribution in [0.5, 0.6) is 0 Å². The number of aromatic nitrogens is 1.